The van der Waals surface area contributed by atoms with Crippen molar-refractivity contribution in [3.63, 3.8) is 0 Å². The number of carbonyl (C=O) groups excluding carboxylic acids is 4. The normalized spacial score (nSPS) is 12.5. The summed E-state index contributed by atoms with van der Waals surface area (Å²) in [6.07, 6.45) is 1.77. The summed E-state index contributed by atoms with van der Waals surface area (Å²) in [7, 11) is 0. The van der Waals surface area contributed by atoms with Crippen LogP contribution in [0.1, 0.15) is 142 Å². The molecule has 2 amide bonds. The summed E-state index contributed by atoms with van der Waals surface area (Å²) < 4.78 is 0. The van der Waals surface area contributed by atoms with Gasteiger partial charge in [-0.05, 0) is 67.9 Å². The molecule has 0 aliphatic carbocycles. The number of ketones is 2. The number of aryl methyl sites for hydroxylation is 2. The van der Waals surface area contributed by atoms with E-state index in [4.69, 9.17) is 0 Å². The number of phenolic OH excluding ortho intramolecular Hbond substituents is 2. The molecule has 0 radical (unpaired) electrons. The number of benzene rings is 2. The fraction of sp³-hybridized carbons (Fsp3) is 0.600. The Hall–Kier alpha value is -3.68. The Kier molecular flexibility index (Phi) is 13.2. The fourth-order valence-corrected chi connectivity index (χ4v) is 5.57. The van der Waals surface area contributed by atoms with Crippen LogP contribution in [0.15, 0.2) is 24.3 Å². The molecule has 0 bridgehead atoms. The lowest BCUT2D eigenvalue weighted by Crippen LogP contribution is -2.41. The van der Waals surface area contributed by atoms with Crippen molar-refractivity contribution in [1.29, 1.82) is 0 Å². The highest BCUT2D eigenvalue weighted by Gasteiger charge is 2.28. The lowest BCUT2D eigenvalue weighted by molar-refractivity contribution is -0.139. The first kappa shape index (κ1) is 40.5. The van der Waals surface area contributed by atoms with Crippen LogP contribution in [0.5, 0.6) is 11.5 Å². The lowest BCUT2D eigenvalue weighted by Gasteiger charge is -2.28. The molecule has 0 aliphatic heterocycles. The Morgan fingerprint density at radius 3 is 0.958 bits per heavy atom. The third-order valence-corrected chi connectivity index (χ3v) is 8.54. The highest BCUT2D eigenvalue weighted by Crippen LogP contribution is 2.41. The number of hydrogen-bond donors (Lipinski definition) is 4. The van der Waals surface area contributed by atoms with Crippen molar-refractivity contribution in [3.8, 4) is 11.5 Å². The zero-order valence-electron chi connectivity index (χ0n) is 31.5. The molecule has 0 saturated heterocycles. The van der Waals surface area contributed by atoms with E-state index in [9.17, 15) is 29.4 Å². The largest absolute Gasteiger partial charge is 0.507 e. The molecule has 0 spiro atoms. The molecule has 0 saturated carbocycles. The van der Waals surface area contributed by atoms with Crippen molar-refractivity contribution < 1.29 is 29.4 Å². The molecule has 0 aliphatic rings. The third-order valence-electron chi connectivity index (χ3n) is 8.54. The summed E-state index contributed by atoms with van der Waals surface area (Å²) >= 11 is 0. The molecule has 266 valence electrons. The van der Waals surface area contributed by atoms with Gasteiger partial charge >= 0.3 is 11.8 Å². The summed E-state index contributed by atoms with van der Waals surface area (Å²) in [6, 6.07) is 7.86. The summed E-state index contributed by atoms with van der Waals surface area (Å²) in [5, 5.41) is 26.8. The van der Waals surface area contributed by atoms with Crippen LogP contribution in [0.4, 0.5) is 0 Å². The van der Waals surface area contributed by atoms with E-state index < -0.39 is 11.8 Å². The Morgan fingerprint density at radius 1 is 0.479 bits per heavy atom. The maximum atomic E-state index is 12.6. The standard InChI is InChI=1S/C40H60N2O6/c1-37(2,3)29-21-25(22-30(33(29)45)38(4,5)6)13-15-27(43)17-19-41-35(47)36(48)42-20-18-28(44)16-14-26-23-31(39(7,8)9)34(46)32(24-26)40(10,11)12/h21-24,45-46H,13-20H2,1-12H3,(H,41,47)(H,42,48). The lowest BCUT2D eigenvalue weighted by atomic mass is 9.78. The van der Waals surface area contributed by atoms with Gasteiger partial charge in [0.25, 0.3) is 0 Å². The first-order chi connectivity index (χ1) is 21.8. The molecule has 0 fully saturated rings. The monoisotopic (exact) mass is 664 g/mol. The van der Waals surface area contributed by atoms with Crippen LogP contribution >= 0.6 is 0 Å². The summed E-state index contributed by atoms with van der Waals surface area (Å²) in [4.78, 5) is 49.8. The van der Waals surface area contributed by atoms with E-state index in [1.54, 1.807) is 0 Å². The Labute approximate surface area is 288 Å². The number of nitrogens with one attached hydrogen (secondary N) is 2. The Morgan fingerprint density at radius 2 is 0.729 bits per heavy atom. The molecule has 0 unspecified atom stereocenters. The Bertz CT molecular complexity index is 1310. The summed E-state index contributed by atoms with van der Waals surface area (Å²) in [5.74, 6) is -1.16. The summed E-state index contributed by atoms with van der Waals surface area (Å²) in [6.45, 7) is 24.6. The molecule has 2 aromatic carbocycles. The van der Waals surface area contributed by atoms with Gasteiger partial charge in [0, 0.05) is 38.8 Å². The molecule has 48 heavy (non-hydrogen) atoms. The minimum atomic E-state index is -0.841. The first-order valence-corrected chi connectivity index (χ1v) is 17.2. The van der Waals surface area contributed by atoms with Crippen molar-refractivity contribution in [3.05, 3.63) is 57.6 Å². The molecule has 4 N–H and O–H groups in total. The fourth-order valence-electron chi connectivity index (χ4n) is 5.57. The number of hydrogen-bond acceptors (Lipinski definition) is 6. The Balaban J connectivity index is 1.82. The number of phenols is 2. The second kappa shape index (κ2) is 15.7. The SMILES string of the molecule is CC(C)(C)c1cc(CCC(=O)CCNC(=O)C(=O)NCCC(=O)CCc2cc(C(C)(C)C)c(O)c(C(C)(C)C)c2)cc(C(C)(C)C)c1O. The number of aromatic hydroxyl groups is 2. The van der Waals surface area contributed by atoms with Crippen molar-refractivity contribution in [1.82, 2.24) is 10.6 Å². The van der Waals surface area contributed by atoms with Crippen molar-refractivity contribution in [2.75, 3.05) is 13.1 Å². The van der Waals surface area contributed by atoms with Crippen LogP contribution in [-0.2, 0) is 53.7 Å². The molecule has 8 heteroatoms. The van der Waals surface area contributed by atoms with Gasteiger partial charge in [-0.15, -0.1) is 0 Å². The third kappa shape index (κ3) is 11.8. The number of rotatable bonds is 12. The molecule has 0 atom stereocenters. The predicted molar refractivity (Wildman–Crippen MR) is 193 cm³/mol. The van der Waals surface area contributed by atoms with E-state index in [2.05, 4.69) is 10.6 Å². The molecule has 8 nitrogen and oxygen atoms in total. The minimum absolute atomic E-state index is 0.0399. The zero-order valence-corrected chi connectivity index (χ0v) is 31.5. The second-order valence-corrected chi connectivity index (χ2v) is 17.2. The van der Waals surface area contributed by atoms with Gasteiger partial charge in [0.1, 0.15) is 23.1 Å². The molecule has 2 rings (SSSR count). The smallest absolute Gasteiger partial charge is 0.309 e. The van der Waals surface area contributed by atoms with Gasteiger partial charge in [0.05, 0.1) is 0 Å². The van der Waals surface area contributed by atoms with Gasteiger partial charge in [-0.3, -0.25) is 19.2 Å². The van der Waals surface area contributed by atoms with Gasteiger partial charge in [-0.2, -0.15) is 0 Å². The van der Waals surface area contributed by atoms with E-state index in [0.717, 1.165) is 33.4 Å². The maximum absolute atomic E-state index is 12.6. The maximum Gasteiger partial charge on any atom is 0.309 e. The number of Topliss-reactive ketones (excluding diaryl/α,β-unsaturated/α-hetero) is 2. The van der Waals surface area contributed by atoms with Gasteiger partial charge in [0.15, 0.2) is 0 Å². The highest BCUT2D eigenvalue weighted by molar-refractivity contribution is 6.35. The van der Waals surface area contributed by atoms with Crippen LogP contribution < -0.4 is 10.6 Å². The van der Waals surface area contributed by atoms with Crippen LogP contribution in [0, 0.1) is 0 Å². The average Bonchev–Trinajstić information content (AvgIpc) is 2.93. The summed E-state index contributed by atoms with van der Waals surface area (Å²) in [5.41, 5.74) is 4.29. The van der Waals surface area contributed by atoms with Crippen LogP contribution in [0.25, 0.3) is 0 Å². The zero-order chi connectivity index (χ0) is 36.8. The van der Waals surface area contributed by atoms with Gasteiger partial charge in [-0.25, -0.2) is 0 Å². The van der Waals surface area contributed by atoms with Crippen molar-refractivity contribution in [2.45, 2.75) is 143 Å². The van der Waals surface area contributed by atoms with Crippen LogP contribution in [-0.4, -0.2) is 46.7 Å². The van der Waals surface area contributed by atoms with E-state index in [1.807, 2.05) is 107 Å². The average molecular weight is 665 g/mol. The predicted octanol–water partition coefficient (Wildman–Crippen LogP) is 7.00. The van der Waals surface area contributed by atoms with E-state index in [1.165, 1.54) is 0 Å². The first-order valence-electron chi connectivity index (χ1n) is 17.2. The van der Waals surface area contributed by atoms with Gasteiger partial charge in [-0.1, -0.05) is 107 Å². The van der Waals surface area contributed by atoms with Gasteiger partial charge < -0.3 is 20.8 Å². The van der Waals surface area contributed by atoms with Crippen LogP contribution in [0.3, 0.4) is 0 Å². The van der Waals surface area contributed by atoms with Gasteiger partial charge in [0.2, 0.25) is 0 Å². The van der Waals surface area contributed by atoms with Crippen LogP contribution in [0.2, 0.25) is 0 Å². The molecular weight excluding hydrogens is 604 g/mol. The quantitative estimate of drug-likeness (QED) is 0.181. The van der Waals surface area contributed by atoms with Crippen molar-refractivity contribution in [2.24, 2.45) is 0 Å². The molecule has 2 aromatic rings. The van der Waals surface area contributed by atoms with E-state index in [0.29, 0.717) is 24.3 Å². The minimum Gasteiger partial charge on any atom is -0.507 e. The van der Waals surface area contributed by atoms with E-state index >= 15 is 0 Å². The molecule has 0 heterocycles. The number of amides is 2. The molecular formula is C40H60N2O6. The van der Waals surface area contributed by atoms with Crippen molar-refractivity contribution >= 4 is 23.4 Å². The second-order valence-electron chi connectivity index (χ2n) is 17.2. The topological polar surface area (TPSA) is 133 Å². The molecule has 0 aromatic heterocycles. The highest BCUT2D eigenvalue weighted by atomic mass is 16.3. The number of carbonyl (C=O) groups is 4. The van der Waals surface area contributed by atoms with E-state index in [-0.39, 0.29) is 72.0 Å².